The molecule has 0 atom stereocenters. The number of benzene rings is 2. The van der Waals surface area contributed by atoms with Gasteiger partial charge in [-0.15, -0.1) is 0 Å². The quantitative estimate of drug-likeness (QED) is 0.607. The van der Waals surface area contributed by atoms with Crippen molar-refractivity contribution in [1.29, 1.82) is 0 Å². The molecule has 2 fully saturated rings. The molecule has 0 amide bonds. The number of ether oxygens (including phenoxy) is 2. The molecule has 0 unspecified atom stereocenters. The predicted molar refractivity (Wildman–Crippen MR) is 122 cm³/mol. The van der Waals surface area contributed by atoms with E-state index in [1.54, 1.807) is 14.2 Å². The highest BCUT2D eigenvalue weighted by Crippen LogP contribution is 2.53. The highest BCUT2D eigenvalue weighted by molar-refractivity contribution is 6.18. The van der Waals surface area contributed by atoms with Crippen molar-refractivity contribution in [3.63, 3.8) is 0 Å². The van der Waals surface area contributed by atoms with E-state index >= 15 is 0 Å². The number of Topliss-reactive ketones (excluding diaryl/α,β-unsaturated/α-hetero) is 1. The molecule has 3 heteroatoms. The van der Waals surface area contributed by atoms with Crippen LogP contribution >= 0.6 is 0 Å². The summed E-state index contributed by atoms with van der Waals surface area (Å²) in [5.41, 5.74) is 6.18. The van der Waals surface area contributed by atoms with Crippen molar-refractivity contribution in [2.75, 3.05) is 14.2 Å². The first kappa shape index (κ1) is 20.2. The van der Waals surface area contributed by atoms with Crippen LogP contribution in [0.4, 0.5) is 0 Å². The Bertz CT molecular complexity index is 1050. The monoisotopic (exact) mass is 412 g/mol. The summed E-state index contributed by atoms with van der Waals surface area (Å²) in [5.74, 6) is -1.37. The van der Waals surface area contributed by atoms with Gasteiger partial charge in [0.15, 0.2) is 0 Å². The van der Waals surface area contributed by atoms with Crippen LogP contribution in [0.5, 0.6) is 0 Å². The van der Waals surface area contributed by atoms with Gasteiger partial charge in [0.1, 0.15) is 0 Å². The van der Waals surface area contributed by atoms with Gasteiger partial charge in [-0.3, -0.25) is 4.79 Å². The molecule has 0 radical (unpaired) electrons. The van der Waals surface area contributed by atoms with Crippen LogP contribution in [0, 0.1) is 0 Å². The fourth-order valence-electron chi connectivity index (χ4n) is 5.54. The molecule has 0 aliphatic heterocycles. The minimum Gasteiger partial charge on any atom is -0.343 e. The van der Waals surface area contributed by atoms with E-state index in [4.69, 9.17) is 9.47 Å². The number of hydrogen-bond donors (Lipinski definition) is 0. The lowest BCUT2D eigenvalue weighted by Crippen LogP contribution is -2.57. The van der Waals surface area contributed by atoms with Crippen LogP contribution in [0.15, 0.2) is 95.1 Å². The summed E-state index contributed by atoms with van der Waals surface area (Å²) in [4.78, 5) is 13.4. The predicted octanol–water partition coefficient (Wildman–Crippen LogP) is 5.67. The Morgan fingerprint density at radius 2 is 1.39 bits per heavy atom. The first-order chi connectivity index (χ1) is 15.2. The molecule has 0 saturated heterocycles. The van der Waals surface area contributed by atoms with Gasteiger partial charge in [0.05, 0.1) is 0 Å². The normalized spacial score (nSPS) is 25.7. The molecule has 0 aromatic heterocycles. The summed E-state index contributed by atoms with van der Waals surface area (Å²) in [6.45, 7) is 0. The van der Waals surface area contributed by atoms with E-state index < -0.39 is 11.2 Å². The van der Waals surface area contributed by atoms with Gasteiger partial charge in [-0.2, -0.15) is 0 Å². The van der Waals surface area contributed by atoms with Crippen LogP contribution in [0.1, 0.15) is 43.2 Å². The van der Waals surface area contributed by atoms with E-state index in [0.717, 1.165) is 36.8 Å². The van der Waals surface area contributed by atoms with E-state index in [2.05, 4.69) is 60.7 Å². The lowest BCUT2D eigenvalue weighted by Gasteiger charge is -2.47. The zero-order valence-corrected chi connectivity index (χ0v) is 18.2. The van der Waals surface area contributed by atoms with Crippen LogP contribution in [-0.2, 0) is 19.7 Å². The summed E-state index contributed by atoms with van der Waals surface area (Å²) < 4.78 is 11.5. The summed E-state index contributed by atoms with van der Waals surface area (Å²) >= 11 is 0. The number of methoxy groups -OCH3 is 2. The highest BCUT2D eigenvalue weighted by Gasteiger charge is 2.59. The largest absolute Gasteiger partial charge is 0.343 e. The Kier molecular flexibility index (Phi) is 5.04. The van der Waals surface area contributed by atoms with Crippen LogP contribution in [0.3, 0.4) is 0 Å². The fourth-order valence-corrected chi connectivity index (χ4v) is 5.54. The van der Waals surface area contributed by atoms with E-state index in [1.807, 2.05) is 12.1 Å². The number of hydrogen-bond acceptors (Lipinski definition) is 3. The van der Waals surface area contributed by atoms with Crippen LogP contribution < -0.4 is 0 Å². The second-order valence-corrected chi connectivity index (χ2v) is 8.61. The second kappa shape index (κ2) is 7.74. The topological polar surface area (TPSA) is 35.5 Å². The van der Waals surface area contributed by atoms with Gasteiger partial charge >= 0.3 is 0 Å². The van der Waals surface area contributed by atoms with E-state index in [-0.39, 0.29) is 5.78 Å². The van der Waals surface area contributed by atoms with E-state index in [9.17, 15) is 4.79 Å². The Morgan fingerprint density at radius 3 is 1.97 bits per heavy atom. The van der Waals surface area contributed by atoms with Crippen molar-refractivity contribution in [3.05, 3.63) is 106 Å². The number of carbonyl (C=O) groups excluding carboxylic acids is 1. The van der Waals surface area contributed by atoms with Gasteiger partial charge in [0.25, 0.3) is 5.79 Å². The van der Waals surface area contributed by atoms with Crippen LogP contribution in [-0.4, -0.2) is 25.8 Å². The van der Waals surface area contributed by atoms with Gasteiger partial charge < -0.3 is 9.47 Å². The molecule has 5 rings (SSSR count). The highest BCUT2D eigenvalue weighted by atomic mass is 16.7. The Hall–Kier alpha value is -2.75. The summed E-state index contributed by atoms with van der Waals surface area (Å²) in [6, 6.07) is 21.1. The lowest BCUT2D eigenvalue weighted by atomic mass is 9.62. The van der Waals surface area contributed by atoms with Crippen molar-refractivity contribution in [3.8, 4) is 0 Å². The third-order valence-electron chi connectivity index (χ3n) is 7.18. The third-order valence-corrected chi connectivity index (χ3v) is 7.18. The first-order valence-electron chi connectivity index (χ1n) is 11.1. The van der Waals surface area contributed by atoms with E-state index in [0.29, 0.717) is 0 Å². The van der Waals surface area contributed by atoms with Gasteiger partial charge in [-0.1, -0.05) is 72.8 Å². The minimum atomic E-state index is -1.32. The smallest absolute Gasteiger partial charge is 0.261 e. The van der Waals surface area contributed by atoms with Crippen molar-refractivity contribution >= 4 is 5.78 Å². The van der Waals surface area contributed by atoms with Crippen molar-refractivity contribution in [1.82, 2.24) is 0 Å². The number of carbonyl (C=O) groups is 1. The number of ketones is 1. The molecular weight excluding hydrogens is 384 g/mol. The molecule has 3 nitrogen and oxygen atoms in total. The van der Waals surface area contributed by atoms with Gasteiger partial charge in [0.2, 0.25) is 5.78 Å². The zero-order valence-electron chi connectivity index (χ0n) is 18.2. The lowest BCUT2D eigenvalue weighted by molar-refractivity contribution is -0.196. The maximum Gasteiger partial charge on any atom is 0.261 e. The molecule has 3 aliphatic carbocycles. The molecular formula is C28H28O3. The summed E-state index contributed by atoms with van der Waals surface area (Å²) in [6.07, 6.45) is 9.70. The summed E-state index contributed by atoms with van der Waals surface area (Å²) in [7, 11) is 3.12. The van der Waals surface area contributed by atoms with Crippen LogP contribution in [0.25, 0.3) is 0 Å². The zero-order chi connectivity index (χ0) is 21.5. The molecule has 0 spiro atoms. The average molecular weight is 413 g/mol. The number of allylic oxidation sites excluding steroid dienone is 4. The van der Waals surface area contributed by atoms with Crippen molar-refractivity contribution in [2.24, 2.45) is 0 Å². The van der Waals surface area contributed by atoms with Gasteiger partial charge in [-0.05, 0) is 54.4 Å². The number of rotatable bonds is 4. The molecule has 0 heterocycles. The molecule has 2 aromatic carbocycles. The van der Waals surface area contributed by atoms with Crippen molar-refractivity contribution in [2.45, 2.75) is 43.3 Å². The third kappa shape index (κ3) is 2.91. The minimum absolute atomic E-state index is 0.0523. The maximum absolute atomic E-state index is 13.4. The Morgan fingerprint density at radius 1 is 0.806 bits per heavy atom. The van der Waals surface area contributed by atoms with Crippen LogP contribution in [0.2, 0.25) is 0 Å². The fraction of sp³-hybridized carbons (Fsp3) is 0.321. The molecule has 2 saturated carbocycles. The maximum atomic E-state index is 13.4. The molecule has 158 valence electrons. The first-order valence-corrected chi connectivity index (χ1v) is 11.1. The average Bonchev–Trinajstić information content (AvgIpc) is 2.83. The van der Waals surface area contributed by atoms with Gasteiger partial charge in [0, 0.05) is 30.8 Å². The summed E-state index contributed by atoms with van der Waals surface area (Å²) in [5, 5.41) is 0. The molecule has 0 N–H and O–H groups in total. The Labute approximate surface area is 184 Å². The SMILES string of the molecule is COC1(OC)C(=O)C2=C3\CCCCC3=CCC(c3ccccc3)(c3ccccc3)/C=C\21. The standard InChI is InChI=1S/C28H28O3/c1-30-28(31-2)24-19-27(21-12-5-3-6-13-21,22-14-7-4-8-15-22)18-17-20-11-9-10-16-23(20)25(24)26(28)29/h3-8,12-15,17,19H,9-11,16,18H2,1-2H3/b20-17?,24-19+,25-23+. The van der Waals surface area contributed by atoms with Crippen molar-refractivity contribution < 1.29 is 14.3 Å². The number of fused-ring (bicyclic) bond motifs is 2. The second-order valence-electron chi connectivity index (χ2n) is 8.61. The molecule has 0 bridgehead atoms. The van der Waals surface area contributed by atoms with Gasteiger partial charge in [-0.25, -0.2) is 0 Å². The van der Waals surface area contributed by atoms with E-state index in [1.165, 1.54) is 28.7 Å². The molecule has 2 aromatic rings. The molecule has 31 heavy (non-hydrogen) atoms. The molecule has 3 aliphatic rings. The Balaban J connectivity index is 1.84.